The zero-order valence-corrected chi connectivity index (χ0v) is 18.4. The van der Waals surface area contributed by atoms with Crippen LogP contribution in [0.25, 0.3) is 0 Å². The van der Waals surface area contributed by atoms with Crippen LogP contribution in [-0.2, 0) is 0 Å². The lowest BCUT2D eigenvalue weighted by atomic mass is 9.83. The molecule has 0 unspecified atom stereocenters. The number of primary amides is 1. The van der Waals surface area contributed by atoms with Crippen molar-refractivity contribution in [2.75, 3.05) is 18.9 Å². The molecule has 0 bridgehead atoms. The van der Waals surface area contributed by atoms with Crippen LogP contribution in [0.1, 0.15) is 43.1 Å². The highest BCUT2D eigenvalue weighted by Gasteiger charge is 2.18. The van der Waals surface area contributed by atoms with Gasteiger partial charge in [0.25, 0.3) is 5.91 Å². The molecule has 1 heterocycles. The van der Waals surface area contributed by atoms with Gasteiger partial charge in [0.05, 0.1) is 0 Å². The molecule has 0 atom stereocenters. The van der Waals surface area contributed by atoms with Gasteiger partial charge in [-0.1, -0.05) is 25.8 Å². The third kappa shape index (κ3) is 6.97. The molecule has 3 amide bonds. The first kappa shape index (κ1) is 23.1. The quantitative estimate of drug-likeness (QED) is 0.405. The molecule has 3 rings (SSSR count). The molecule has 0 radical (unpaired) electrons. The van der Waals surface area contributed by atoms with Gasteiger partial charge in [0.1, 0.15) is 11.4 Å². The van der Waals surface area contributed by atoms with Crippen molar-refractivity contribution in [2.45, 2.75) is 32.6 Å². The largest absolute Gasteiger partial charge is 0.439 e. The van der Waals surface area contributed by atoms with Crippen molar-refractivity contribution >= 4 is 23.6 Å². The molecule has 1 aromatic carbocycles. The van der Waals surface area contributed by atoms with Gasteiger partial charge in [0, 0.05) is 25.3 Å². The second-order valence-electron chi connectivity index (χ2n) is 8.00. The lowest BCUT2D eigenvalue weighted by molar-refractivity contribution is 0.0995. The molecule has 0 saturated heterocycles. The third-order valence-corrected chi connectivity index (χ3v) is 5.42. The minimum atomic E-state index is -0.617. The molecule has 9 heteroatoms. The summed E-state index contributed by atoms with van der Waals surface area (Å²) in [5.74, 6) is 1.91. The number of anilines is 1. The van der Waals surface area contributed by atoms with Crippen LogP contribution in [0.4, 0.5) is 10.5 Å². The van der Waals surface area contributed by atoms with Crippen molar-refractivity contribution in [2.24, 2.45) is 22.6 Å². The fourth-order valence-electron chi connectivity index (χ4n) is 3.49. The Morgan fingerprint density at radius 3 is 2.50 bits per heavy atom. The van der Waals surface area contributed by atoms with E-state index in [0.29, 0.717) is 24.2 Å². The zero-order chi connectivity index (χ0) is 22.9. The van der Waals surface area contributed by atoms with Crippen LogP contribution in [-0.4, -0.2) is 36.5 Å². The van der Waals surface area contributed by atoms with E-state index in [1.54, 1.807) is 43.4 Å². The van der Waals surface area contributed by atoms with E-state index < -0.39 is 5.91 Å². The van der Waals surface area contributed by atoms with Crippen molar-refractivity contribution in [3.05, 3.63) is 48.2 Å². The summed E-state index contributed by atoms with van der Waals surface area (Å²) < 4.78 is 5.69. The number of aliphatic imine (C=N–C) groups is 1. The van der Waals surface area contributed by atoms with Crippen LogP contribution in [0.15, 0.2) is 47.5 Å². The molecule has 0 aliphatic heterocycles. The molecular weight excluding hydrogens is 408 g/mol. The minimum Gasteiger partial charge on any atom is -0.439 e. The van der Waals surface area contributed by atoms with E-state index >= 15 is 0 Å². The lowest BCUT2D eigenvalue weighted by Crippen LogP contribution is -2.41. The molecular formula is C23H30N6O3. The summed E-state index contributed by atoms with van der Waals surface area (Å²) in [6, 6.07) is 11.6. The maximum atomic E-state index is 11.8. The summed E-state index contributed by atoms with van der Waals surface area (Å²) in [5.41, 5.74) is 6.13. The third-order valence-electron chi connectivity index (χ3n) is 5.42. The van der Waals surface area contributed by atoms with Crippen LogP contribution in [0.2, 0.25) is 0 Å². The Bertz CT molecular complexity index is 952. The number of pyridine rings is 1. The van der Waals surface area contributed by atoms with Crippen LogP contribution in [0.5, 0.6) is 11.6 Å². The molecule has 1 aromatic heterocycles. The number of nitrogens with two attached hydrogens (primary N) is 1. The van der Waals surface area contributed by atoms with Crippen molar-refractivity contribution < 1.29 is 14.3 Å². The molecule has 1 fully saturated rings. The molecule has 32 heavy (non-hydrogen) atoms. The number of carbonyl (C=O) groups excluding carboxylic acids is 2. The fraction of sp³-hybridized carbons (Fsp3) is 0.391. The second-order valence-corrected chi connectivity index (χ2v) is 8.00. The summed E-state index contributed by atoms with van der Waals surface area (Å²) in [7, 11) is 1.56. The number of hydrogen-bond acceptors (Lipinski definition) is 5. The number of ether oxygens (including phenoxy) is 1. The van der Waals surface area contributed by atoms with Gasteiger partial charge in [-0.05, 0) is 55.0 Å². The average molecular weight is 439 g/mol. The van der Waals surface area contributed by atoms with Gasteiger partial charge in [-0.25, -0.2) is 9.78 Å². The zero-order valence-electron chi connectivity index (χ0n) is 18.4. The van der Waals surface area contributed by atoms with E-state index in [4.69, 9.17) is 10.5 Å². The van der Waals surface area contributed by atoms with Gasteiger partial charge >= 0.3 is 6.03 Å². The van der Waals surface area contributed by atoms with Gasteiger partial charge in [0.15, 0.2) is 0 Å². The van der Waals surface area contributed by atoms with Crippen LogP contribution < -0.4 is 26.4 Å². The number of guanidine groups is 1. The molecule has 0 spiro atoms. The normalized spacial score (nSPS) is 18.5. The Hall–Kier alpha value is -3.62. The molecule has 170 valence electrons. The maximum absolute atomic E-state index is 11.8. The van der Waals surface area contributed by atoms with Crippen molar-refractivity contribution in [3.8, 4) is 11.6 Å². The fourth-order valence-corrected chi connectivity index (χ4v) is 3.49. The van der Waals surface area contributed by atoms with Crippen molar-refractivity contribution in [1.29, 1.82) is 0 Å². The maximum Gasteiger partial charge on any atom is 0.321 e. The Morgan fingerprint density at radius 1 is 1.12 bits per heavy atom. The van der Waals surface area contributed by atoms with Gasteiger partial charge in [-0.15, -0.1) is 0 Å². The number of benzene rings is 1. The Morgan fingerprint density at radius 2 is 1.84 bits per heavy atom. The van der Waals surface area contributed by atoms with Crippen molar-refractivity contribution in [1.82, 2.24) is 15.6 Å². The highest BCUT2D eigenvalue weighted by Crippen LogP contribution is 2.28. The van der Waals surface area contributed by atoms with Gasteiger partial charge in [-0.3, -0.25) is 15.1 Å². The van der Waals surface area contributed by atoms with E-state index in [0.717, 1.165) is 24.4 Å². The summed E-state index contributed by atoms with van der Waals surface area (Å²) in [6.45, 7) is 2.96. The topological polar surface area (TPSA) is 131 Å². The molecule has 1 aliphatic rings. The van der Waals surface area contributed by atoms with Crippen LogP contribution in [0, 0.1) is 11.8 Å². The Kier molecular flexibility index (Phi) is 8.02. The minimum absolute atomic E-state index is 0.134. The molecule has 9 nitrogen and oxygen atoms in total. The predicted octanol–water partition coefficient (Wildman–Crippen LogP) is 3.50. The standard InChI is InChI=1S/C23H30N6O3/c1-15-6-8-16(9-7-15)14-26-22(29-23(31)25-2)27-17-10-12-18(13-11-17)32-20-5-3-4-19(28-20)21(24)30/h3-5,10-13,15-16H,6-9,14H2,1-2H3,(H2,24,30)(H3,25,26,27,29,31). The second kappa shape index (κ2) is 11.1. The number of rotatable bonds is 6. The lowest BCUT2D eigenvalue weighted by Gasteiger charge is -2.25. The van der Waals surface area contributed by atoms with Gasteiger partial charge < -0.3 is 21.1 Å². The molecule has 2 aromatic rings. The first-order chi connectivity index (χ1) is 15.4. The predicted molar refractivity (Wildman–Crippen MR) is 124 cm³/mol. The monoisotopic (exact) mass is 438 g/mol. The highest BCUT2D eigenvalue weighted by atomic mass is 16.5. The van der Waals surface area contributed by atoms with Crippen LogP contribution in [0.3, 0.4) is 0 Å². The highest BCUT2D eigenvalue weighted by molar-refractivity contribution is 6.03. The number of nitrogens with zero attached hydrogens (tertiary/aromatic N) is 2. The first-order valence-corrected chi connectivity index (χ1v) is 10.8. The number of carbonyl (C=O) groups is 2. The number of aromatic nitrogens is 1. The van der Waals surface area contributed by atoms with E-state index in [9.17, 15) is 9.59 Å². The SMILES string of the molecule is CNC(=O)NC(=NCC1CCC(C)CC1)Nc1ccc(Oc2cccc(C(N)=O)n2)cc1. The Balaban J connectivity index is 1.64. The van der Waals surface area contributed by atoms with E-state index in [-0.39, 0.29) is 17.6 Å². The summed E-state index contributed by atoms with van der Waals surface area (Å²) in [4.78, 5) is 31.8. The smallest absolute Gasteiger partial charge is 0.321 e. The van der Waals surface area contributed by atoms with E-state index in [2.05, 4.69) is 32.9 Å². The average Bonchev–Trinajstić information content (AvgIpc) is 2.80. The summed E-state index contributed by atoms with van der Waals surface area (Å²) in [6.07, 6.45) is 4.78. The van der Waals surface area contributed by atoms with Gasteiger partial charge in [0.2, 0.25) is 11.8 Å². The number of amides is 3. The van der Waals surface area contributed by atoms with E-state index in [1.807, 2.05) is 0 Å². The van der Waals surface area contributed by atoms with E-state index in [1.165, 1.54) is 18.9 Å². The molecule has 1 saturated carbocycles. The summed E-state index contributed by atoms with van der Waals surface area (Å²) >= 11 is 0. The first-order valence-electron chi connectivity index (χ1n) is 10.8. The van der Waals surface area contributed by atoms with Crippen LogP contribution >= 0.6 is 0 Å². The number of nitrogens with one attached hydrogen (secondary N) is 3. The van der Waals surface area contributed by atoms with Crippen molar-refractivity contribution in [3.63, 3.8) is 0 Å². The summed E-state index contributed by atoms with van der Waals surface area (Å²) in [5, 5.41) is 8.44. The number of hydrogen-bond donors (Lipinski definition) is 4. The molecule has 5 N–H and O–H groups in total. The molecule has 1 aliphatic carbocycles. The van der Waals surface area contributed by atoms with Gasteiger partial charge in [-0.2, -0.15) is 0 Å². The Labute approximate surface area is 187 Å². The number of urea groups is 1.